The van der Waals surface area contributed by atoms with E-state index in [0.29, 0.717) is 24.1 Å². The zero-order valence-electron chi connectivity index (χ0n) is 13.8. The molecule has 0 spiro atoms. The molecule has 24 heavy (non-hydrogen) atoms. The Bertz CT molecular complexity index is 798. The van der Waals surface area contributed by atoms with E-state index in [1.54, 1.807) is 31.4 Å². The number of rotatable bonds is 7. The van der Waals surface area contributed by atoms with Crippen LogP contribution in [0.2, 0.25) is 0 Å². The number of carbonyl (C=O) groups is 1. The molecule has 0 saturated heterocycles. The summed E-state index contributed by atoms with van der Waals surface area (Å²) in [6.45, 7) is 0.501. The zero-order chi connectivity index (χ0) is 17.6. The van der Waals surface area contributed by atoms with Crippen molar-refractivity contribution in [1.29, 1.82) is 0 Å². The fourth-order valence-corrected chi connectivity index (χ4v) is 3.10. The first-order valence-electron chi connectivity index (χ1n) is 7.55. The molecule has 6 heteroatoms. The van der Waals surface area contributed by atoms with Crippen molar-refractivity contribution in [2.24, 2.45) is 0 Å². The first-order valence-corrected chi connectivity index (χ1v) is 9.61. The van der Waals surface area contributed by atoms with Crippen LogP contribution in [0.4, 0.5) is 0 Å². The Hall–Kier alpha value is -2.34. The van der Waals surface area contributed by atoms with E-state index in [0.717, 1.165) is 11.3 Å². The molecule has 0 heterocycles. The highest BCUT2D eigenvalue weighted by Crippen LogP contribution is 2.12. The van der Waals surface area contributed by atoms with Crippen LogP contribution < -0.4 is 10.1 Å². The molecule has 5 nitrogen and oxygen atoms in total. The minimum atomic E-state index is -3.12. The normalized spacial score (nSPS) is 11.1. The quantitative estimate of drug-likeness (QED) is 0.833. The van der Waals surface area contributed by atoms with Crippen LogP contribution in [-0.4, -0.2) is 34.2 Å². The van der Waals surface area contributed by atoms with Crippen LogP contribution >= 0.6 is 0 Å². The molecule has 0 aliphatic rings. The van der Waals surface area contributed by atoms with Crippen LogP contribution in [0.3, 0.4) is 0 Å². The van der Waals surface area contributed by atoms with Gasteiger partial charge in [0.15, 0.2) is 9.84 Å². The maximum atomic E-state index is 12.2. The highest BCUT2D eigenvalue weighted by atomic mass is 32.2. The highest BCUT2D eigenvalue weighted by Gasteiger charge is 2.09. The summed E-state index contributed by atoms with van der Waals surface area (Å²) in [5.41, 5.74) is 2.17. The number of nitrogens with one attached hydrogen (secondary N) is 1. The average molecular weight is 347 g/mol. The average Bonchev–Trinajstić information content (AvgIpc) is 2.54. The number of benzene rings is 2. The molecule has 0 saturated carbocycles. The van der Waals surface area contributed by atoms with Gasteiger partial charge in [-0.05, 0) is 41.8 Å². The Balaban J connectivity index is 1.91. The predicted octanol–water partition coefficient (Wildman–Crippen LogP) is 2.21. The summed E-state index contributed by atoms with van der Waals surface area (Å²) in [7, 11) is -1.50. The van der Waals surface area contributed by atoms with Crippen molar-refractivity contribution in [2.45, 2.75) is 12.2 Å². The van der Waals surface area contributed by atoms with Crippen LogP contribution in [0.15, 0.2) is 48.5 Å². The Morgan fingerprint density at radius 2 is 1.79 bits per heavy atom. The summed E-state index contributed by atoms with van der Waals surface area (Å²) in [5.74, 6) is 0.518. The van der Waals surface area contributed by atoms with E-state index in [9.17, 15) is 13.2 Å². The third-order valence-electron chi connectivity index (χ3n) is 3.48. The number of methoxy groups -OCH3 is 1. The van der Waals surface area contributed by atoms with Crippen molar-refractivity contribution >= 4 is 15.7 Å². The summed E-state index contributed by atoms with van der Waals surface area (Å²) in [5, 5.41) is 2.85. The Morgan fingerprint density at radius 3 is 2.42 bits per heavy atom. The van der Waals surface area contributed by atoms with Gasteiger partial charge in [0.25, 0.3) is 5.91 Å². The van der Waals surface area contributed by atoms with Gasteiger partial charge in [0, 0.05) is 18.4 Å². The third kappa shape index (κ3) is 5.70. The molecule has 0 fully saturated rings. The third-order valence-corrected chi connectivity index (χ3v) is 4.33. The number of hydrogen-bond acceptors (Lipinski definition) is 4. The number of hydrogen-bond donors (Lipinski definition) is 1. The summed E-state index contributed by atoms with van der Waals surface area (Å²) < 4.78 is 27.8. The van der Waals surface area contributed by atoms with Gasteiger partial charge < -0.3 is 10.1 Å². The fraction of sp³-hybridized carbons (Fsp3) is 0.278. The minimum Gasteiger partial charge on any atom is -0.497 e. The number of carbonyl (C=O) groups excluding carboxylic acids is 1. The lowest BCUT2D eigenvalue weighted by Gasteiger charge is -2.07. The maximum absolute atomic E-state index is 12.2. The van der Waals surface area contributed by atoms with Crippen molar-refractivity contribution in [1.82, 2.24) is 5.32 Å². The van der Waals surface area contributed by atoms with Crippen molar-refractivity contribution in [3.8, 4) is 5.75 Å². The highest BCUT2D eigenvalue weighted by molar-refractivity contribution is 7.89. The minimum absolute atomic E-state index is 0.0695. The second-order valence-corrected chi connectivity index (χ2v) is 7.76. The lowest BCUT2D eigenvalue weighted by atomic mass is 10.1. The van der Waals surface area contributed by atoms with E-state index in [2.05, 4.69) is 5.32 Å². The van der Waals surface area contributed by atoms with Crippen LogP contribution in [0, 0.1) is 0 Å². The molecule has 0 atom stereocenters. The van der Waals surface area contributed by atoms with Gasteiger partial charge in [0.2, 0.25) is 0 Å². The molecule has 0 unspecified atom stereocenters. The molecular weight excluding hydrogens is 326 g/mol. The van der Waals surface area contributed by atoms with Gasteiger partial charge >= 0.3 is 0 Å². The molecule has 2 rings (SSSR count). The van der Waals surface area contributed by atoms with Gasteiger partial charge in [0.1, 0.15) is 5.75 Å². The van der Waals surface area contributed by atoms with Gasteiger partial charge in [-0.2, -0.15) is 0 Å². The Labute approximate surface area is 142 Å². The van der Waals surface area contributed by atoms with Crippen LogP contribution in [0.1, 0.15) is 21.5 Å². The second-order valence-electron chi connectivity index (χ2n) is 5.62. The molecule has 0 bridgehead atoms. The van der Waals surface area contributed by atoms with Crippen LogP contribution in [0.25, 0.3) is 0 Å². The SMILES string of the molecule is COc1ccc(CCNC(=O)c2cccc(CS(C)(=O)=O)c2)cc1. The first kappa shape index (κ1) is 18.0. The van der Waals surface area contributed by atoms with Crippen molar-refractivity contribution < 1.29 is 17.9 Å². The molecule has 0 radical (unpaired) electrons. The molecule has 1 N–H and O–H groups in total. The maximum Gasteiger partial charge on any atom is 0.251 e. The lowest BCUT2D eigenvalue weighted by molar-refractivity contribution is 0.0954. The van der Waals surface area contributed by atoms with E-state index in [1.165, 1.54) is 6.26 Å². The van der Waals surface area contributed by atoms with Gasteiger partial charge in [-0.1, -0.05) is 24.3 Å². The Kier molecular flexibility index (Phi) is 5.98. The second kappa shape index (κ2) is 7.97. The fourth-order valence-electron chi connectivity index (χ4n) is 2.32. The summed E-state index contributed by atoms with van der Waals surface area (Å²) >= 11 is 0. The molecule has 0 aliphatic heterocycles. The predicted molar refractivity (Wildman–Crippen MR) is 94.0 cm³/mol. The van der Waals surface area contributed by atoms with E-state index in [4.69, 9.17) is 4.74 Å². The van der Waals surface area contributed by atoms with Crippen molar-refractivity contribution in [3.63, 3.8) is 0 Å². The number of ether oxygens (including phenoxy) is 1. The molecule has 128 valence electrons. The topological polar surface area (TPSA) is 72.5 Å². The molecule has 0 aliphatic carbocycles. The van der Waals surface area contributed by atoms with Crippen molar-refractivity contribution in [2.75, 3.05) is 19.9 Å². The molecule has 0 aromatic heterocycles. The van der Waals surface area contributed by atoms with Gasteiger partial charge in [-0.25, -0.2) is 8.42 Å². The lowest BCUT2D eigenvalue weighted by Crippen LogP contribution is -2.25. The smallest absolute Gasteiger partial charge is 0.251 e. The molecular formula is C18H21NO4S. The zero-order valence-corrected chi connectivity index (χ0v) is 14.6. The Morgan fingerprint density at radius 1 is 1.08 bits per heavy atom. The molecule has 2 aromatic carbocycles. The molecule has 1 amide bonds. The monoisotopic (exact) mass is 347 g/mol. The summed E-state index contributed by atoms with van der Waals surface area (Å²) in [6.07, 6.45) is 1.88. The van der Waals surface area contributed by atoms with E-state index in [-0.39, 0.29) is 11.7 Å². The largest absolute Gasteiger partial charge is 0.497 e. The number of amides is 1. The van der Waals surface area contributed by atoms with Gasteiger partial charge in [-0.15, -0.1) is 0 Å². The van der Waals surface area contributed by atoms with Crippen molar-refractivity contribution in [3.05, 3.63) is 65.2 Å². The van der Waals surface area contributed by atoms with E-state index < -0.39 is 9.84 Å². The summed E-state index contributed by atoms with van der Waals surface area (Å²) in [4.78, 5) is 12.2. The van der Waals surface area contributed by atoms with E-state index in [1.807, 2.05) is 24.3 Å². The molecule has 2 aromatic rings. The first-order chi connectivity index (χ1) is 11.4. The standard InChI is InChI=1S/C18H21NO4S/c1-23-17-8-6-14(7-9-17)10-11-19-18(20)16-5-3-4-15(12-16)13-24(2,21)22/h3-9,12H,10-11,13H2,1-2H3,(H,19,20). The summed E-state index contributed by atoms with van der Waals surface area (Å²) in [6, 6.07) is 14.4. The van der Waals surface area contributed by atoms with E-state index >= 15 is 0 Å². The van der Waals surface area contributed by atoms with Crippen LogP contribution in [-0.2, 0) is 22.0 Å². The van der Waals surface area contributed by atoms with Gasteiger partial charge in [0.05, 0.1) is 12.9 Å². The van der Waals surface area contributed by atoms with Crippen LogP contribution in [0.5, 0.6) is 5.75 Å². The van der Waals surface area contributed by atoms with Gasteiger partial charge in [-0.3, -0.25) is 4.79 Å². The number of sulfone groups is 1.